The van der Waals surface area contributed by atoms with E-state index in [1.807, 2.05) is 0 Å². The summed E-state index contributed by atoms with van der Waals surface area (Å²) in [5.41, 5.74) is 0.333. The molecular weight excluding hydrogens is 423 g/mol. The van der Waals surface area contributed by atoms with Gasteiger partial charge in [-0.1, -0.05) is 29.8 Å². The molecule has 3 aromatic rings. The van der Waals surface area contributed by atoms with Gasteiger partial charge in [0, 0.05) is 11.8 Å². The number of ketones is 1. The third kappa shape index (κ3) is 3.64. The second-order valence-corrected chi connectivity index (χ2v) is 7.17. The van der Waals surface area contributed by atoms with Crippen molar-refractivity contribution >= 4 is 34.9 Å². The molecule has 8 heteroatoms. The minimum atomic E-state index is -1.08. The van der Waals surface area contributed by atoms with E-state index < -0.39 is 29.3 Å². The Labute approximate surface area is 182 Å². The SMILES string of the molecule is COc1ccc(C(O)=C2C(=O)C(=O)N(c3ccccn3)[C@H]2c2cccc(F)c2)cc1Cl. The quantitative estimate of drug-likeness (QED) is 0.368. The van der Waals surface area contributed by atoms with Crippen molar-refractivity contribution in [3.05, 3.63) is 94.4 Å². The number of aromatic nitrogens is 1. The first-order valence-electron chi connectivity index (χ1n) is 9.23. The van der Waals surface area contributed by atoms with Crippen LogP contribution in [0.25, 0.3) is 5.76 Å². The Morgan fingerprint density at radius 1 is 1.13 bits per heavy atom. The maximum absolute atomic E-state index is 14.0. The first-order valence-corrected chi connectivity index (χ1v) is 9.61. The molecule has 6 nitrogen and oxygen atoms in total. The van der Waals surface area contributed by atoms with Gasteiger partial charge in [0.05, 0.1) is 23.7 Å². The van der Waals surface area contributed by atoms with E-state index in [1.54, 1.807) is 24.3 Å². The van der Waals surface area contributed by atoms with Crippen LogP contribution in [0.15, 0.2) is 72.4 Å². The molecule has 0 unspecified atom stereocenters. The molecule has 0 bridgehead atoms. The summed E-state index contributed by atoms with van der Waals surface area (Å²) in [6, 6.07) is 13.8. The lowest BCUT2D eigenvalue weighted by atomic mass is 9.95. The van der Waals surface area contributed by atoms with Crippen LogP contribution in [0.1, 0.15) is 17.2 Å². The van der Waals surface area contributed by atoms with E-state index in [4.69, 9.17) is 16.3 Å². The number of amides is 1. The first kappa shape index (κ1) is 20.6. The average Bonchev–Trinajstić information content (AvgIpc) is 3.04. The Balaban J connectivity index is 1.94. The van der Waals surface area contributed by atoms with Crippen LogP contribution in [0, 0.1) is 5.82 Å². The summed E-state index contributed by atoms with van der Waals surface area (Å²) < 4.78 is 19.1. The Bertz CT molecular complexity index is 1210. The molecule has 2 aromatic carbocycles. The summed E-state index contributed by atoms with van der Waals surface area (Å²) in [6.07, 6.45) is 1.47. The Hall–Kier alpha value is -3.71. The van der Waals surface area contributed by atoms with Gasteiger partial charge in [-0.25, -0.2) is 9.37 Å². The van der Waals surface area contributed by atoms with Gasteiger partial charge in [0.1, 0.15) is 23.1 Å². The number of rotatable bonds is 4. The molecule has 0 spiro atoms. The molecule has 1 N–H and O–H groups in total. The molecule has 4 rings (SSSR count). The van der Waals surface area contributed by atoms with Crippen LogP contribution in [-0.2, 0) is 9.59 Å². The third-order valence-electron chi connectivity index (χ3n) is 4.93. The lowest BCUT2D eigenvalue weighted by molar-refractivity contribution is -0.132. The minimum Gasteiger partial charge on any atom is -0.507 e. The first-order chi connectivity index (χ1) is 14.9. The topological polar surface area (TPSA) is 79.7 Å². The van der Waals surface area contributed by atoms with Gasteiger partial charge in [-0.3, -0.25) is 14.5 Å². The highest BCUT2D eigenvalue weighted by molar-refractivity contribution is 6.51. The maximum Gasteiger partial charge on any atom is 0.301 e. The monoisotopic (exact) mass is 438 g/mol. The predicted octanol–water partition coefficient (Wildman–Crippen LogP) is 4.51. The molecule has 0 aliphatic carbocycles. The largest absolute Gasteiger partial charge is 0.507 e. The van der Waals surface area contributed by atoms with Crippen LogP contribution in [0.5, 0.6) is 5.75 Å². The number of Topliss-reactive ketones (excluding diaryl/α,β-unsaturated/α-hetero) is 1. The molecule has 1 aliphatic heterocycles. The summed E-state index contributed by atoms with van der Waals surface area (Å²) in [5, 5.41) is 11.2. The zero-order chi connectivity index (χ0) is 22.1. The van der Waals surface area contributed by atoms with Crippen LogP contribution in [0.4, 0.5) is 10.2 Å². The molecule has 1 atom stereocenters. The normalized spacial score (nSPS) is 17.8. The highest BCUT2D eigenvalue weighted by Crippen LogP contribution is 2.42. The lowest BCUT2D eigenvalue weighted by Crippen LogP contribution is -2.30. The fourth-order valence-corrected chi connectivity index (χ4v) is 3.78. The maximum atomic E-state index is 14.0. The Morgan fingerprint density at radius 3 is 2.58 bits per heavy atom. The lowest BCUT2D eigenvalue weighted by Gasteiger charge is -2.24. The molecule has 2 heterocycles. The predicted molar refractivity (Wildman–Crippen MR) is 113 cm³/mol. The molecular formula is C23H16ClFN2O4. The number of carbonyl (C=O) groups excluding carboxylic acids is 2. The van der Waals surface area contributed by atoms with Gasteiger partial charge < -0.3 is 9.84 Å². The summed E-state index contributed by atoms with van der Waals surface area (Å²) in [4.78, 5) is 31.2. The number of aliphatic hydroxyl groups excluding tert-OH is 1. The number of nitrogens with zero attached hydrogens (tertiary/aromatic N) is 2. The molecule has 0 saturated carbocycles. The fraction of sp³-hybridized carbons (Fsp3) is 0.0870. The van der Waals surface area contributed by atoms with Gasteiger partial charge >= 0.3 is 5.91 Å². The van der Waals surface area contributed by atoms with Crippen LogP contribution in [-0.4, -0.2) is 28.9 Å². The van der Waals surface area contributed by atoms with E-state index in [1.165, 1.54) is 49.7 Å². The number of benzene rings is 2. The van der Waals surface area contributed by atoms with E-state index in [-0.39, 0.29) is 22.0 Å². The van der Waals surface area contributed by atoms with E-state index in [0.29, 0.717) is 11.3 Å². The van der Waals surface area contributed by atoms with Crippen molar-refractivity contribution in [2.45, 2.75) is 6.04 Å². The number of methoxy groups -OCH3 is 1. The van der Waals surface area contributed by atoms with Crippen LogP contribution in [0.3, 0.4) is 0 Å². The average molecular weight is 439 g/mol. The highest BCUT2D eigenvalue weighted by Gasteiger charge is 2.47. The van der Waals surface area contributed by atoms with E-state index in [0.717, 1.165) is 4.90 Å². The van der Waals surface area contributed by atoms with Gasteiger partial charge in [-0.05, 0) is 48.0 Å². The molecule has 1 aromatic heterocycles. The summed E-state index contributed by atoms with van der Waals surface area (Å²) in [5.74, 6) is -2.19. The third-order valence-corrected chi connectivity index (χ3v) is 5.23. The van der Waals surface area contributed by atoms with Crippen LogP contribution < -0.4 is 9.64 Å². The molecule has 0 radical (unpaired) electrons. The zero-order valence-corrected chi connectivity index (χ0v) is 17.0. The van der Waals surface area contributed by atoms with E-state index in [9.17, 15) is 19.1 Å². The van der Waals surface area contributed by atoms with Gasteiger partial charge in [0.15, 0.2) is 0 Å². The van der Waals surface area contributed by atoms with Gasteiger partial charge in [0.25, 0.3) is 5.78 Å². The molecule has 156 valence electrons. The van der Waals surface area contributed by atoms with Crippen molar-refractivity contribution in [1.82, 2.24) is 4.98 Å². The van der Waals surface area contributed by atoms with Crippen molar-refractivity contribution in [1.29, 1.82) is 0 Å². The fourth-order valence-electron chi connectivity index (χ4n) is 3.53. The Morgan fingerprint density at radius 2 is 1.94 bits per heavy atom. The number of carbonyl (C=O) groups is 2. The van der Waals surface area contributed by atoms with Gasteiger partial charge in [0.2, 0.25) is 0 Å². The molecule has 1 aliphatic rings. The van der Waals surface area contributed by atoms with Crippen molar-refractivity contribution < 1.29 is 23.8 Å². The second-order valence-electron chi connectivity index (χ2n) is 6.76. The molecule has 1 saturated heterocycles. The zero-order valence-electron chi connectivity index (χ0n) is 16.3. The summed E-state index contributed by atoms with van der Waals surface area (Å²) in [7, 11) is 1.45. The Kier molecular flexibility index (Phi) is 5.44. The number of hydrogen-bond acceptors (Lipinski definition) is 5. The van der Waals surface area contributed by atoms with E-state index in [2.05, 4.69) is 4.98 Å². The number of pyridine rings is 1. The standard InChI is InChI=1S/C23H16ClFN2O4/c1-31-17-9-8-14(12-16(17)24)21(28)19-20(13-5-4-6-15(25)11-13)27(23(30)22(19)29)18-7-2-3-10-26-18/h2-12,20,28H,1H3/t20-/m0/s1. The smallest absolute Gasteiger partial charge is 0.301 e. The highest BCUT2D eigenvalue weighted by atomic mass is 35.5. The molecule has 1 fully saturated rings. The van der Waals surface area contributed by atoms with Crippen molar-refractivity contribution in [2.24, 2.45) is 0 Å². The van der Waals surface area contributed by atoms with E-state index >= 15 is 0 Å². The minimum absolute atomic E-state index is 0.192. The van der Waals surface area contributed by atoms with Crippen molar-refractivity contribution in [2.75, 3.05) is 12.0 Å². The van der Waals surface area contributed by atoms with Crippen LogP contribution >= 0.6 is 11.6 Å². The van der Waals surface area contributed by atoms with Gasteiger partial charge in [-0.2, -0.15) is 0 Å². The number of aliphatic hydroxyl groups is 1. The number of hydrogen-bond donors (Lipinski definition) is 1. The van der Waals surface area contributed by atoms with Gasteiger partial charge in [-0.15, -0.1) is 0 Å². The van der Waals surface area contributed by atoms with Crippen LogP contribution in [0.2, 0.25) is 5.02 Å². The van der Waals surface area contributed by atoms with Crippen molar-refractivity contribution in [3.63, 3.8) is 0 Å². The van der Waals surface area contributed by atoms with Crippen molar-refractivity contribution in [3.8, 4) is 5.75 Å². The molecule has 31 heavy (non-hydrogen) atoms. The second kappa shape index (κ2) is 8.20. The number of ether oxygens (including phenoxy) is 1. The number of halogens is 2. The summed E-state index contributed by atoms with van der Waals surface area (Å²) >= 11 is 6.16. The molecule has 1 amide bonds. The summed E-state index contributed by atoms with van der Waals surface area (Å²) in [6.45, 7) is 0. The number of anilines is 1.